The number of hydrogen-bond acceptors (Lipinski definition) is 3. The number of amides is 1. The molecule has 1 amide bonds. The van der Waals surface area contributed by atoms with Crippen molar-refractivity contribution in [3.63, 3.8) is 0 Å². The Balaban J connectivity index is 2.95. The third-order valence-electron chi connectivity index (χ3n) is 3.25. The second-order valence-electron chi connectivity index (χ2n) is 5.19. The molecule has 0 aliphatic carbocycles. The summed E-state index contributed by atoms with van der Waals surface area (Å²) in [6, 6.07) is 4.69. The summed E-state index contributed by atoms with van der Waals surface area (Å²) < 4.78 is 13.5. The maximum atomic E-state index is 13.5. The van der Waals surface area contributed by atoms with E-state index >= 15 is 0 Å². The van der Waals surface area contributed by atoms with Gasteiger partial charge in [0.15, 0.2) is 0 Å². The first-order valence-corrected chi connectivity index (χ1v) is 7.60. The number of nitrogens with zero attached hydrogens (tertiary/aromatic N) is 1. The number of nitrogens with one attached hydrogen (secondary N) is 1. The zero-order valence-corrected chi connectivity index (χ0v) is 13.0. The molecule has 0 spiro atoms. The van der Waals surface area contributed by atoms with E-state index in [1.165, 1.54) is 12.1 Å². The van der Waals surface area contributed by atoms with Crippen molar-refractivity contribution in [2.45, 2.75) is 39.7 Å². The molecular formula is C16H26FN3O. The Morgan fingerprint density at radius 1 is 1.33 bits per heavy atom. The summed E-state index contributed by atoms with van der Waals surface area (Å²) in [5, 5.41) is 3.27. The zero-order chi connectivity index (χ0) is 15.7. The Morgan fingerprint density at radius 2 is 2.10 bits per heavy atom. The molecule has 5 heteroatoms. The lowest BCUT2D eigenvalue weighted by Crippen LogP contribution is -2.35. The standard InChI is InChI=1S/C16H26FN3O/c1-3-5-9-20(12-16(18)21)15-7-6-14(17)10-13(15)11-19-8-4-2/h6-7,10,19H,3-5,8-9,11-12H2,1-2H3,(H2,18,21). The van der Waals surface area contributed by atoms with Gasteiger partial charge in [0.1, 0.15) is 5.82 Å². The first-order chi connectivity index (χ1) is 10.1. The third-order valence-corrected chi connectivity index (χ3v) is 3.25. The van der Waals surface area contributed by atoms with Gasteiger partial charge in [-0.2, -0.15) is 0 Å². The molecule has 0 aliphatic rings. The molecule has 0 aromatic heterocycles. The topological polar surface area (TPSA) is 58.4 Å². The molecule has 1 aromatic rings. The largest absolute Gasteiger partial charge is 0.368 e. The van der Waals surface area contributed by atoms with Crippen LogP contribution in [0.1, 0.15) is 38.7 Å². The van der Waals surface area contributed by atoms with Crippen molar-refractivity contribution >= 4 is 11.6 Å². The van der Waals surface area contributed by atoms with Gasteiger partial charge in [-0.1, -0.05) is 20.3 Å². The maximum absolute atomic E-state index is 13.5. The van der Waals surface area contributed by atoms with E-state index < -0.39 is 0 Å². The van der Waals surface area contributed by atoms with Crippen LogP contribution in [0, 0.1) is 5.82 Å². The lowest BCUT2D eigenvalue weighted by Gasteiger charge is -2.26. The van der Waals surface area contributed by atoms with Crippen LogP contribution in [0.25, 0.3) is 0 Å². The van der Waals surface area contributed by atoms with Gasteiger partial charge in [0.2, 0.25) is 5.91 Å². The fraction of sp³-hybridized carbons (Fsp3) is 0.562. The molecule has 3 N–H and O–H groups in total. The lowest BCUT2D eigenvalue weighted by atomic mass is 10.1. The van der Waals surface area contributed by atoms with Gasteiger partial charge in [-0.15, -0.1) is 0 Å². The maximum Gasteiger partial charge on any atom is 0.236 e. The summed E-state index contributed by atoms with van der Waals surface area (Å²) >= 11 is 0. The number of halogens is 1. The molecule has 0 atom stereocenters. The molecule has 1 aromatic carbocycles. The Bertz CT molecular complexity index is 451. The van der Waals surface area contributed by atoms with E-state index in [2.05, 4.69) is 19.2 Å². The number of nitrogens with two attached hydrogens (primary N) is 1. The van der Waals surface area contributed by atoms with Crippen LogP contribution >= 0.6 is 0 Å². The van der Waals surface area contributed by atoms with E-state index in [-0.39, 0.29) is 18.3 Å². The molecular weight excluding hydrogens is 269 g/mol. The number of anilines is 1. The van der Waals surface area contributed by atoms with E-state index in [0.717, 1.165) is 43.6 Å². The van der Waals surface area contributed by atoms with Gasteiger partial charge in [-0.3, -0.25) is 4.79 Å². The monoisotopic (exact) mass is 295 g/mol. The molecule has 0 fully saturated rings. The first kappa shape index (κ1) is 17.4. The molecule has 21 heavy (non-hydrogen) atoms. The van der Waals surface area contributed by atoms with Crippen molar-refractivity contribution in [2.75, 3.05) is 24.5 Å². The quantitative estimate of drug-likeness (QED) is 0.652. The van der Waals surface area contributed by atoms with Crippen molar-refractivity contribution < 1.29 is 9.18 Å². The van der Waals surface area contributed by atoms with Crippen LogP contribution in [-0.2, 0) is 11.3 Å². The van der Waals surface area contributed by atoms with Crippen molar-refractivity contribution in [1.82, 2.24) is 5.32 Å². The summed E-state index contributed by atoms with van der Waals surface area (Å²) in [7, 11) is 0. The van der Waals surface area contributed by atoms with Crippen LogP contribution in [0.5, 0.6) is 0 Å². The lowest BCUT2D eigenvalue weighted by molar-refractivity contribution is -0.116. The van der Waals surface area contributed by atoms with Crippen LogP contribution in [-0.4, -0.2) is 25.5 Å². The number of rotatable bonds is 10. The van der Waals surface area contributed by atoms with Crippen molar-refractivity contribution in [1.29, 1.82) is 0 Å². The van der Waals surface area contributed by atoms with Crippen molar-refractivity contribution in [3.8, 4) is 0 Å². The van der Waals surface area contributed by atoms with Crippen LogP contribution in [0.15, 0.2) is 18.2 Å². The van der Waals surface area contributed by atoms with Gasteiger partial charge < -0.3 is 16.0 Å². The molecule has 118 valence electrons. The van der Waals surface area contributed by atoms with E-state index in [4.69, 9.17) is 5.73 Å². The molecule has 4 nitrogen and oxygen atoms in total. The molecule has 0 bridgehead atoms. The first-order valence-electron chi connectivity index (χ1n) is 7.60. The van der Waals surface area contributed by atoms with Crippen LogP contribution in [0.4, 0.5) is 10.1 Å². The highest BCUT2D eigenvalue weighted by atomic mass is 19.1. The number of benzene rings is 1. The molecule has 0 saturated heterocycles. The number of carbonyl (C=O) groups is 1. The summed E-state index contributed by atoms with van der Waals surface area (Å²) in [5.74, 6) is -0.635. The van der Waals surface area contributed by atoms with Gasteiger partial charge >= 0.3 is 0 Å². The molecule has 0 radical (unpaired) electrons. The molecule has 0 unspecified atom stereocenters. The summed E-state index contributed by atoms with van der Waals surface area (Å²) in [6.07, 6.45) is 3.01. The Labute approximate surface area is 126 Å². The van der Waals surface area contributed by atoms with Gasteiger partial charge in [-0.25, -0.2) is 4.39 Å². The van der Waals surface area contributed by atoms with Gasteiger partial charge in [0, 0.05) is 18.8 Å². The highest BCUT2D eigenvalue weighted by Crippen LogP contribution is 2.22. The van der Waals surface area contributed by atoms with E-state index in [1.54, 1.807) is 6.07 Å². The van der Waals surface area contributed by atoms with Crippen molar-refractivity contribution in [2.24, 2.45) is 5.73 Å². The second kappa shape index (κ2) is 9.34. The minimum Gasteiger partial charge on any atom is -0.368 e. The molecule has 1 rings (SSSR count). The summed E-state index contributed by atoms with van der Waals surface area (Å²) in [4.78, 5) is 13.2. The van der Waals surface area contributed by atoms with E-state index in [9.17, 15) is 9.18 Å². The molecule has 0 saturated carbocycles. The summed E-state index contributed by atoms with van der Waals surface area (Å²) in [5.41, 5.74) is 7.08. The normalized spacial score (nSPS) is 10.6. The molecule has 0 aliphatic heterocycles. The van der Waals surface area contributed by atoms with Crippen LogP contribution < -0.4 is 16.0 Å². The Kier molecular flexibility index (Phi) is 7.75. The molecule has 0 heterocycles. The van der Waals surface area contributed by atoms with Crippen LogP contribution in [0.2, 0.25) is 0 Å². The number of carbonyl (C=O) groups excluding carboxylic acids is 1. The van der Waals surface area contributed by atoms with Crippen LogP contribution in [0.3, 0.4) is 0 Å². The average molecular weight is 295 g/mol. The number of unbranched alkanes of at least 4 members (excludes halogenated alkanes) is 1. The SMILES string of the molecule is CCCCN(CC(N)=O)c1ccc(F)cc1CNCCC. The minimum atomic E-state index is -0.372. The van der Waals surface area contributed by atoms with E-state index in [1.807, 2.05) is 4.90 Å². The predicted octanol–water partition coefficient (Wildman–Crippen LogP) is 2.42. The van der Waals surface area contributed by atoms with Gasteiger partial charge in [0.05, 0.1) is 6.54 Å². The van der Waals surface area contributed by atoms with Gasteiger partial charge in [0.25, 0.3) is 0 Å². The highest BCUT2D eigenvalue weighted by molar-refractivity contribution is 5.80. The van der Waals surface area contributed by atoms with Gasteiger partial charge in [-0.05, 0) is 43.1 Å². The number of primary amides is 1. The predicted molar refractivity (Wildman–Crippen MR) is 84.7 cm³/mol. The Hall–Kier alpha value is -1.62. The number of hydrogen-bond donors (Lipinski definition) is 2. The third kappa shape index (κ3) is 6.12. The minimum absolute atomic E-state index is 0.159. The van der Waals surface area contributed by atoms with Crippen molar-refractivity contribution in [3.05, 3.63) is 29.6 Å². The zero-order valence-electron chi connectivity index (χ0n) is 13.0. The summed E-state index contributed by atoms with van der Waals surface area (Å²) in [6.45, 7) is 6.54. The Morgan fingerprint density at radius 3 is 2.71 bits per heavy atom. The van der Waals surface area contributed by atoms with E-state index in [0.29, 0.717) is 6.54 Å². The highest BCUT2D eigenvalue weighted by Gasteiger charge is 2.14. The smallest absolute Gasteiger partial charge is 0.236 e. The fourth-order valence-electron chi connectivity index (χ4n) is 2.23. The fourth-order valence-corrected chi connectivity index (χ4v) is 2.23. The average Bonchev–Trinajstić information content (AvgIpc) is 2.44. The second-order valence-corrected chi connectivity index (χ2v) is 5.19.